The zero-order valence-electron chi connectivity index (χ0n) is 12.3. The van der Waals surface area contributed by atoms with Crippen molar-refractivity contribution in [2.75, 3.05) is 0 Å². The molecule has 2 aromatic heterocycles. The Morgan fingerprint density at radius 1 is 1.19 bits per heavy atom. The van der Waals surface area contributed by atoms with Crippen molar-refractivity contribution in [3.05, 3.63) is 50.4 Å². The third-order valence-corrected chi connectivity index (χ3v) is 4.75. The Morgan fingerprint density at radius 2 is 1.90 bits per heavy atom. The number of aromatic nitrogens is 3. The highest BCUT2D eigenvalue weighted by Crippen LogP contribution is 2.27. The molecule has 108 valence electrons. The normalized spacial score (nSPS) is 11.0. The summed E-state index contributed by atoms with van der Waals surface area (Å²) in [5.74, 6) is 0.876. The lowest BCUT2D eigenvalue weighted by Crippen LogP contribution is -1.98. The first-order valence-electron chi connectivity index (χ1n) is 6.92. The third-order valence-electron chi connectivity index (χ3n) is 3.40. The molecule has 0 bridgehead atoms. The molecule has 0 amide bonds. The van der Waals surface area contributed by atoms with Crippen LogP contribution >= 0.6 is 23.6 Å². The molecule has 0 aliphatic heterocycles. The predicted octanol–water partition coefficient (Wildman–Crippen LogP) is 4.84. The number of thiophene rings is 1. The Kier molecular flexibility index (Phi) is 3.78. The average molecular weight is 315 g/mol. The van der Waals surface area contributed by atoms with Gasteiger partial charge in [-0.2, -0.15) is 5.10 Å². The molecular weight excluding hydrogens is 298 g/mol. The molecule has 0 spiro atoms. The molecule has 0 saturated carbocycles. The van der Waals surface area contributed by atoms with Gasteiger partial charge in [-0.25, -0.2) is 0 Å². The van der Waals surface area contributed by atoms with Crippen LogP contribution in [0, 0.1) is 18.6 Å². The van der Waals surface area contributed by atoms with Gasteiger partial charge in [-0.1, -0.05) is 13.0 Å². The molecule has 0 fully saturated rings. The molecule has 0 atom stereocenters. The summed E-state index contributed by atoms with van der Waals surface area (Å²) in [6.45, 7) is 6.36. The second kappa shape index (κ2) is 5.58. The molecule has 0 aliphatic rings. The molecule has 0 saturated heterocycles. The highest BCUT2D eigenvalue weighted by atomic mass is 32.1. The van der Waals surface area contributed by atoms with Crippen LogP contribution in [0.3, 0.4) is 0 Å². The van der Waals surface area contributed by atoms with Crippen LogP contribution < -0.4 is 0 Å². The summed E-state index contributed by atoms with van der Waals surface area (Å²) >= 11 is 7.19. The summed E-state index contributed by atoms with van der Waals surface area (Å²) in [7, 11) is 0. The number of nitrogens with one attached hydrogen (secondary N) is 1. The number of nitrogens with zero attached hydrogens (tertiary/aromatic N) is 2. The van der Waals surface area contributed by atoms with Crippen LogP contribution in [0.1, 0.15) is 22.9 Å². The van der Waals surface area contributed by atoms with E-state index >= 15 is 0 Å². The molecule has 21 heavy (non-hydrogen) atoms. The third kappa shape index (κ3) is 2.71. The first kappa shape index (κ1) is 14.2. The summed E-state index contributed by atoms with van der Waals surface area (Å²) < 4.78 is 2.64. The monoisotopic (exact) mass is 315 g/mol. The zero-order chi connectivity index (χ0) is 15.0. The highest BCUT2D eigenvalue weighted by molar-refractivity contribution is 7.71. The van der Waals surface area contributed by atoms with Gasteiger partial charge in [0.25, 0.3) is 0 Å². The minimum atomic E-state index is 0.624. The Labute approximate surface area is 133 Å². The number of H-pyrrole nitrogens is 1. The van der Waals surface area contributed by atoms with E-state index in [1.807, 2.05) is 4.57 Å². The summed E-state index contributed by atoms with van der Waals surface area (Å²) in [5, 5.41) is 9.48. The second-order valence-corrected chi connectivity index (χ2v) is 6.57. The lowest BCUT2D eigenvalue weighted by molar-refractivity contribution is 1.03. The largest absolute Gasteiger partial charge is 0.268 e. The van der Waals surface area contributed by atoms with Gasteiger partial charge in [-0.05, 0) is 61.8 Å². The van der Waals surface area contributed by atoms with E-state index in [-0.39, 0.29) is 0 Å². The summed E-state index contributed by atoms with van der Waals surface area (Å²) in [6, 6.07) is 8.62. The van der Waals surface area contributed by atoms with Crippen LogP contribution in [-0.4, -0.2) is 14.8 Å². The van der Waals surface area contributed by atoms with E-state index in [9.17, 15) is 0 Å². The fourth-order valence-electron chi connectivity index (χ4n) is 2.49. The molecule has 0 aliphatic carbocycles. The van der Waals surface area contributed by atoms with Gasteiger partial charge in [-0.15, -0.1) is 11.3 Å². The van der Waals surface area contributed by atoms with Gasteiger partial charge in [0, 0.05) is 15.8 Å². The van der Waals surface area contributed by atoms with E-state index < -0.39 is 0 Å². The second-order valence-electron chi connectivity index (χ2n) is 5.19. The maximum absolute atomic E-state index is 5.42. The van der Waals surface area contributed by atoms with Crippen molar-refractivity contribution >= 4 is 23.6 Å². The number of benzene rings is 1. The topological polar surface area (TPSA) is 33.6 Å². The molecule has 1 aromatic carbocycles. The Hall–Kier alpha value is -1.72. The van der Waals surface area contributed by atoms with Gasteiger partial charge >= 0.3 is 0 Å². The minimum Gasteiger partial charge on any atom is -0.268 e. The highest BCUT2D eigenvalue weighted by Gasteiger charge is 2.12. The molecule has 3 nitrogen and oxygen atoms in total. The van der Waals surface area contributed by atoms with Crippen LogP contribution in [0.25, 0.3) is 17.1 Å². The van der Waals surface area contributed by atoms with E-state index in [4.69, 9.17) is 12.2 Å². The van der Waals surface area contributed by atoms with Crippen molar-refractivity contribution < 1.29 is 0 Å². The van der Waals surface area contributed by atoms with Crippen molar-refractivity contribution in [2.24, 2.45) is 0 Å². The van der Waals surface area contributed by atoms with E-state index in [0.717, 1.165) is 23.5 Å². The molecule has 1 N–H and O–H groups in total. The Bertz CT molecular complexity index is 819. The first-order valence-corrected chi connectivity index (χ1v) is 8.21. The first-order chi connectivity index (χ1) is 10.1. The molecule has 3 aromatic rings. The summed E-state index contributed by atoms with van der Waals surface area (Å²) in [6.07, 6.45) is 1.04. The smallest absolute Gasteiger partial charge is 0.200 e. The molecule has 3 rings (SSSR count). The van der Waals surface area contributed by atoms with E-state index in [1.54, 1.807) is 11.3 Å². The maximum atomic E-state index is 5.42. The molecule has 5 heteroatoms. The maximum Gasteiger partial charge on any atom is 0.200 e. The van der Waals surface area contributed by atoms with Crippen LogP contribution in [0.2, 0.25) is 0 Å². The van der Waals surface area contributed by atoms with Crippen molar-refractivity contribution in [1.29, 1.82) is 0 Å². The average Bonchev–Trinajstić information content (AvgIpc) is 3.03. The van der Waals surface area contributed by atoms with E-state index in [2.05, 4.69) is 60.6 Å². The SMILES string of the molecule is CCc1cc(-c2n[nH]c(=S)n2-c2cc(C)cc(C)c2)cs1. The number of aromatic amines is 1. The number of hydrogen-bond acceptors (Lipinski definition) is 3. The van der Waals surface area contributed by atoms with Gasteiger partial charge in [0.15, 0.2) is 10.6 Å². The summed E-state index contributed by atoms with van der Waals surface area (Å²) in [4.78, 5) is 1.35. The standard InChI is InChI=1S/C16H17N3S2/c1-4-14-8-12(9-21-14)15-17-18-16(20)19(15)13-6-10(2)5-11(3)7-13/h5-9H,4H2,1-3H3,(H,18,20). The lowest BCUT2D eigenvalue weighted by atomic mass is 10.1. The van der Waals surface area contributed by atoms with E-state index in [0.29, 0.717) is 4.77 Å². The van der Waals surface area contributed by atoms with Crippen molar-refractivity contribution in [2.45, 2.75) is 27.2 Å². The van der Waals surface area contributed by atoms with Gasteiger partial charge in [0.05, 0.1) is 5.69 Å². The van der Waals surface area contributed by atoms with Gasteiger partial charge in [0.2, 0.25) is 0 Å². The fraction of sp³-hybridized carbons (Fsp3) is 0.250. The molecule has 0 unspecified atom stereocenters. The van der Waals surface area contributed by atoms with Gasteiger partial charge in [-0.3, -0.25) is 9.67 Å². The Balaban J connectivity index is 2.19. The van der Waals surface area contributed by atoms with E-state index in [1.165, 1.54) is 16.0 Å². The predicted molar refractivity (Wildman–Crippen MR) is 90.9 cm³/mol. The number of rotatable bonds is 3. The van der Waals surface area contributed by atoms with Crippen LogP contribution in [0.4, 0.5) is 0 Å². The van der Waals surface area contributed by atoms with Crippen molar-refractivity contribution in [1.82, 2.24) is 14.8 Å². The van der Waals surface area contributed by atoms with Crippen molar-refractivity contribution in [3.63, 3.8) is 0 Å². The zero-order valence-corrected chi connectivity index (χ0v) is 13.9. The van der Waals surface area contributed by atoms with Crippen LogP contribution in [-0.2, 0) is 6.42 Å². The Morgan fingerprint density at radius 3 is 2.52 bits per heavy atom. The number of aryl methyl sites for hydroxylation is 3. The van der Waals surface area contributed by atoms with Crippen LogP contribution in [0.15, 0.2) is 29.6 Å². The lowest BCUT2D eigenvalue weighted by Gasteiger charge is -2.08. The molecular formula is C16H17N3S2. The fourth-order valence-corrected chi connectivity index (χ4v) is 3.54. The van der Waals surface area contributed by atoms with Gasteiger partial charge in [0.1, 0.15) is 0 Å². The van der Waals surface area contributed by atoms with Gasteiger partial charge < -0.3 is 0 Å². The van der Waals surface area contributed by atoms with Crippen LogP contribution in [0.5, 0.6) is 0 Å². The molecule has 0 radical (unpaired) electrons. The number of hydrogen-bond donors (Lipinski definition) is 1. The summed E-state index contributed by atoms with van der Waals surface area (Å²) in [5.41, 5.74) is 4.62. The molecule has 2 heterocycles. The quantitative estimate of drug-likeness (QED) is 0.702. The minimum absolute atomic E-state index is 0.624. The van der Waals surface area contributed by atoms with Crippen molar-refractivity contribution in [3.8, 4) is 17.1 Å².